The molecular weight excluding hydrogens is 376 g/mol. The summed E-state index contributed by atoms with van der Waals surface area (Å²) < 4.78 is 0. The van der Waals surface area contributed by atoms with Crippen molar-refractivity contribution in [1.82, 2.24) is 9.97 Å². The van der Waals surface area contributed by atoms with Crippen molar-refractivity contribution in [1.29, 1.82) is 0 Å². The average molecular weight is 407 g/mol. The van der Waals surface area contributed by atoms with Crippen LogP contribution in [0.1, 0.15) is 63.9 Å². The highest BCUT2D eigenvalue weighted by Gasteiger charge is 2.43. The van der Waals surface area contributed by atoms with Gasteiger partial charge in [-0.25, -0.2) is 4.98 Å². The number of rotatable bonds is 7. The van der Waals surface area contributed by atoms with Crippen molar-refractivity contribution >= 4 is 17.0 Å². The molecule has 0 aliphatic heterocycles. The van der Waals surface area contributed by atoms with Gasteiger partial charge in [-0.15, -0.1) is 0 Å². The highest BCUT2D eigenvalue weighted by atomic mass is 16.4. The number of nitrogens with one attached hydrogen (secondary N) is 1. The van der Waals surface area contributed by atoms with E-state index in [1.807, 2.05) is 30.3 Å². The molecule has 158 valence electrons. The second-order valence-corrected chi connectivity index (χ2v) is 8.66. The van der Waals surface area contributed by atoms with Crippen LogP contribution in [0.15, 0.2) is 42.5 Å². The van der Waals surface area contributed by atoms with E-state index in [0.717, 1.165) is 23.9 Å². The third kappa shape index (κ3) is 3.81. The Labute approximate surface area is 177 Å². The molecule has 0 atom stereocenters. The summed E-state index contributed by atoms with van der Waals surface area (Å²) in [5, 5.41) is 20.9. The number of hydrogen-bond donors (Lipinski definition) is 3. The van der Waals surface area contributed by atoms with Crippen LogP contribution in [-0.2, 0) is 10.2 Å². The van der Waals surface area contributed by atoms with Crippen LogP contribution in [-0.4, -0.2) is 26.2 Å². The molecule has 5 heteroatoms. The first-order chi connectivity index (χ1) is 14.5. The van der Waals surface area contributed by atoms with Crippen LogP contribution in [0.3, 0.4) is 0 Å². The van der Waals surface area contributed by atoms with Gasteiger partial charge in [-0.1, -0.05) is 50.8 Å². The Balaban J connectivity index is 1.58. The summed E-state index contributed by atoms with van der Waals surface area (Å²) in [6.07, 6.45) is 8.00. The fourth-order valence-corrected chi connectivity index (χ4v) is 4.88. The van der Waals surface area contributed by atoms with Crippen molar-refractivity contribution in [3.8, 4) is 17.1 Å². The second-order valence-electron chi connectivity index (χ2n) is 8.66. The van der Waals surface area contributed by atoms with Crippen LogP contribution < -0.4 is 0 Å². The van der Waals surface area contributed by atoms with Crippen molar-refractivity contribution in [2.24, 2.45) is 5.92 Å². The molecule has 3 aromatic rings. The molecule has 2 aromatic carbocycles. The zero-order valence-corrected chi connectivity index (χ0v) is 17.5. The molecule has 0 unspecified atom stereocenters. The van der Waals surface area contributed by atoms with Gasteiger partial charge in [-0.05, 0) is 61.4 Å². The molecule has 1 fully saturated rings. The lowest BCUT2D eigenvalue weighted by Gasteiger charge is -2.37. The van der Waals surface area contributed by atoms with Gasteiger partial charge in [-0.2, -0.15) is 0 Å². The van der Waals surface area contributed by atoms with Crippen molar-refractivity contribution in [3.05, 3.63) is 48.0 Å². The molecule has 1 heterocycles. The van der Waals surface area contributed by atoms with Gasteiger partial charge in [0.2, 0.25) is 0 Å². The number of hydrogen-bond acceptors (Lipinski definition) is 3. The van der Waals surface area contributed by atoms with Gasteiger partial charge in [0.05, 0.1) is 22.0 Å². The molecule has 0 spiro atoms. The number of phenolic OH excluding ortho intramolecular Hbond substituents is 1. The largest absolute Gasteiger partial charge is 0.507 e. The molecule has 0 radical (unpaired) electrons. The summed E-state index contributed by atoms with van der Waals surface area (Å²) in [5.41, 5.74) is 2.10. The Bertz CT molecular complexity index is 999. The molecule has 1 aromatic heterocycles. The first kappa shape index (κ1) is 20.5. The van der Waals surface area contributed by atoms with E-state index in [4.69, 9.17) is 0 Å². The first-order valence-corrected chi connectivity index (χ1v) is 11.1. The predicted molar refractivity (Wildman–Crippen MR) is 119 cm³/mol. The van der Waals surface area contributed by atoms with E-state index in [1.165, 1.54) is 25.7 Å². The zero-order chi connectivity index (χ0) is 21.1. The molecule has 4 rings (SSSR count). The van der Waals surface area contributed by atoms with E-state index in [9.17, 15) is 15.0 Å². The number of benzene rings is 2. The summed E-state index contributed by atoms with van der Waals surface area (Å²) in [7, 11) is 0. The van der Waals surface area contributed by atoms with Gasteiger partial charge in [-0.3, -0.25) is 4.79 Å². The summed E-state index contributed by atoms with van der Waals surface area (Å²) in [6.45, 7) is 2.21. The lowest BCUT2D eigenvalue weighted by Crippen LogP contribution is -2.39. The maximum absolute atomic E-state index is 12.3. The number of H-pyrrole nitrogens is 1. The molecule has 1 aliphatic carbocycles. The number of imidazole rings is 1. The quantitative estimate of drug-likeness (QED) is 0.418. The van der Waals surface area contributed by atoms with Gasteiger partial charge in [0.1, 0.15) is 11.6 Å². The molecule has 0 saturated heterocycles. The van der Waals surface area contributed by atoms with E-state index in [2.05, 4.69) is 16.9 Å². The van der Waals surface area contributed by atoms with Gasteiger partial charge in [0.25, 0.3) is 0 Å². The van der Waals surface area contributed by atoms with E-state index in [1.54, 1.807) is 12.1 Å². The molecule has 0 amide bonds. The number of fused-ring (bicyclic) bond motifs is 1. The summed E-state index contributed by atoms with van der Waals surface area (Å²) in [6, 6.07) is 13.0. The number of unbranched alkanes of at least 4 members (excludes halogenated alkanes) is 2. The van der Waals surface area contributed by atoms with Crippen LogP contribution in [0.2, 0.25) is 0 Å². The van der Waals surface area contributed by atoms with Crippen molar-refractivity contribution < 1.29 is 15.0 Å². The maximum Gasteiger partial charge on any atom is 0.314 e. The smallest absolute Gasteiger partial charge is 0.314 e. The molecule has 1 aliphatic rings. The van der Waals surface area contributed by atoms with Crippen LogP contribution in [0.25, 0.3) is 22.4 Å². The fraction of sp³-hybridized carbons (Fsp3) is 0.440. The monoisotopic (exact) mass is 406 g/mol. The van der Waals surface area contributed by atoms with Gasteiger partial charge >= 0.3 is 5.97 Å². The van der Waals surface area contributed by atoms with E-state index in [0.29, 0.717) is 35.7 Å². The molecular formula is C25H30N2O3. The van der Waals surface area contributed by atoms with E-state index < -0.39 is 11.4 Å². The normalized spacial score (nSPS) is 21.7. The Morgan fingerprint density at radius 2 is 1.93 bits per heavy atom. The summed E-state index contributed by atoms with van der Waals surface area (Å²) in [4.78, 5) is 20.1. The Kier molecular flexibility index (Phi) is 5.80. The number of nitrogens with zero attached hydrogens (tertiary/aromatic N) is 1. The maximum atomic E-state index is 12.3. The minimum Gasteiger partial charge on any atom is -0.507 e. The van der Waals surface area contributed by atoms with Gasteiger partial charge < -0.3 is 15.2 Å². The highest BCUT2D eigenvalue weighted by Crippen LogP contribution is 2.45. The lowest BCUT2D eigenvalue weighted by atomic mass is 9.66. The Hall–Kier alpha value is -2.82. The summed E-state index contributed by atoms with van der Waals surface area (Å²) in [5.74, 6) is 0.486. The average Bonchev–Trinajstić information content (AvgIpc) is 3.18. The Morgan fingerprint density at radius 1 is 1.17 bits per heavy atom. The minimum absolute atomic E-state index is 0.0669. The number of aromatic amines is 1. The highest BCUT2D eigenvalue weighted by molar-refractivity contribution is 5.83. The third-order valence-corrected chi connectivity index (χ3v) is 6.78. The van der Waals surface area contributed by atoms with E-state index in [-0.39, 0.29) is 5.75 Å². The third-order valence-electron chi connectivity index (χ3n) is 6.78. The molecule has 5 nitrogen and oxygen atoms in total. The molecule has 3 N–H and O–H groups in total. The number of aliphatic carboxylic acids is 1. The molecule has 0 bridgehead atoms. The van der Waals surface area contributed by atoms with Crippen molar-refractivity contribution in [2.75, 3.05) is 0 Å². The topological polar surface area (TPSA) is 86.2 Å². The van der Waals surface area contributed by atoms with Gasteiger partial charge in [0, 0.05) is 0 Å². The second kappa shape index (κ2) is 8.50. The standard InChI is InChI=1S/C25H30N2O3/c1-2-3-4-7-17-12-14-25(15-13-17,24(29)30)18-10-11-19(22(28)16-18)23-26-20-8-5-6-9-21(20)27-23/h5-6,8-11,16-17,28H,2-4,7,12-15H2,1H3,(H,26,27)(H,29,30). The van der Waals surface area contributed by atoms with Crippen molar-refractivity contribution in [3.63, 3.8) is 0 Å². The number of para-hydroxylation sites is 2. The van der Waals surface area contributed by atoms with Crippen LogP contribution in [0.5, 0.6) is 5.75 Å². The number of aromatic nitrogens is 2. The number of phenols is 1. The number of carboxylic acids is 1. The minimum atomic E-state index is -0.912. The van der Waals surface area contributed by atoms with Gasteiger partial charge in [0.15, 0.2) is 0 Å². The Morgan fingerprint density at radius 3 is 2.60 bits per heavy atom. The lowest BCUT2D eigenvalue weighted by molar-refractivity contribution is -0.145. The van der Waals surface area contributed by atoms with Crippen LogP contribution >= 0.6 is 0 Å². The van der Waals surface area contributed by atoms with Crippen molar-refractivity contribution in [2.45, 2.75) is 63.7 Å². The van der Waals surface area contributed by atoms with Crippen LogP contribution in [0.4, 0.5) is 0 Å². The molecule has 1 saturated carbocycles. The number of carbonyl (C=O) groups is 1. The zero-order valence-electron chi connectivity index (χ0n) is 17.5. The summed E-state index contributed by atoms with van der Waals surface area (Å²) >= 11 is 0. The van der Waals surface area contributed by atoms with E-state index >= 15 is 0 Å². The fourth-order valence-electron chi connectivity index (χ4n) is 4.88. The molecule has 30 heavy (non-hydrogen) atoms. The predicted octanol–water partition coefficient (Wildman–Crippen LogP) is 6.03. The first-order valence-electron chi connectivity index (χ1n) is 11.1. The SMILES string of the molecule is CCCCCC1CCC(C(=O)O)(c2ccc(-c3nc4ccccc4[nH]3)c(O)c2)CC1. The number of carboxylic acid groups (broad SMARTS) is 1. The number of aromatic hydroxyl groups is 1. The van der Waals surface area contributed by atoms with Crippen LogP contribution in [0, 0.1) is 5.92 Å².